The summed E-state index contributed by atoms with van der Waals surface area (Å²) in [6, 6.07) is 13.2. The first-order chi connectivity index (χ1) is 16.3. The van der Waals surface area contributed by atoms with Crippen LogP contribution in [-0.2, 0) is 19.1 Å². The van der Waals surface area contributed by atoms with E-state index in [1.165, 1.54) is 0 Å². The lowest BCUT2D eigenvalue weighted by atomic mass is 9.74. The summed E-state index contributed by atoms with van der Waals surface area (Å²) in [5.74, 6) is -2.96. The van der Waals surface area contributed by atoms with Gasteiger partial charge in [-0.25, -0.2) is 4.79 Å². The molecule has 1 fully saturated rings. The third-order valence-electron chi connectivity index (χ3n) is 6.19. The lowest BCUT2D eigenvalue weighted by Gasteiger charge is -2.47. The Morgan fingerprint density at radius 1 is 1.09 bits per heavy atom. The van der Waals surface area contributed by atoms with E-state index in [0.29, 0.717) is 29.3 Å². The molecule has 2 aromatic rings. The fourth-order valence-electron chi connectivity index (χ4n) is 4.80. The fourth-order valence-corrected chi connectivity index (χ4v) is 5.12. The van der Waals surface area contributed by atoms with Gasteiger partial charge in [0.15, 0.2) is 0 Å². The van der Waals surface area contributed by atoms with E-state index in [1.807, 2.05) is 37.3 Å². The molecule has 4 atom stereocenters. The molecule has 0 aromatic heterocycles. The summed E-state index contributed by atoms with van der Waals surface area (Å²) in [6.45, 7) is 3.84. The second kappa shape index (κ2) is 11.7. The number of likely N-dealkylation sites (tertiary alicyclic amines) is 1. The van der Waals surface area contributed by atoms with Gasteiger partial charge in [-0.1, -0.05) is 60.8 Å². The smallest absolute Gasteiger partial charge is 0.328 e. The van der Waals surface area contributed by atoms with Gasteiger partial charge in [-0.3, -0.25) is 9.59 Å². The molecule has 34 heavy (non-hydrogen) atoms. The van der Waals surface area contributed by atoms with Gasteiger partial charge in [0.25, 0.3) is 0 Å². The lowest BCUT2D eigenvalue weighted by molar-refractivity contribution is -0.164. The van der Waals surface area contributed by atoms with Crippen LogP contribution in [0.5, 0.6) is 0 Å². The molecule has 1 heterocycles. The Bertz CT molecular complexity index is 1030. The third kappa shape index (κ3) is 5.91. The van der Waals surface area contributed by atoms with Gasteiger partial charge in [0.1, 0.15) is 6.04 Å². The van der Waals surface area contributed by atoms with Gasteiger partial charge in [-0.15, -0.1) is 0 Å². The Hall–Kier alpha value is -2.57. The molecular weight excluding hydrogens is 477 g/mol. The molecule has 6 nitrogen and oxygen atoms in total. The van der Waals surface area contributed by atoms with Gasteiger partial charge < -0.3 is 14.7 Å². The summed E-state index contributed by atoms with van der Waals surface area (Å²) in [6.07, 6.45) is 1.04. The number of benzene rings is 2. The molecule has 0 radical (unpaired) electrons. The molecule has 1 saturated heterocycles. The lowest BCUT2D eigenvalue weighted by Crippen LogP contribution is -2.54. The SMILES string of the molecule is CCCC(C(=O)OCC)N1C(=O)[C@@H](CC(=O)O)C[C@H](c2cccc(Cl)c2)[C@H]1c1ccc(Cl)cc1. The van der Waals surface area contributed by atoms with Gasteiger partial charge in [-0.2, -0.15) is 0 Å². The van der Waals surface area contributed by atoms with Crippen molar-refractivity contribution in [2.45, 2.75) is 57.5 Å². The van der Waals surface area contributed by atoms with Crippen LogP contribution in [0.15, 0.2) is 48.5 Å². The quantitative estimate of drug-likeness (QED) is 0.430. The number of carboxylic acid groups (broad SMARTS) is 1. The van der Waals surface area contributed by atoms with Crippen LogP contribution in [0.4, 0.5) is 0 Å². The average molecular weight is 506 g/mol. The maximum Gasteiger partial charge on any atom is 0.328 e. The number of hydrogen-bond acceptors (Lipinski definition) is 4. The highest BCUT2D eigenvalue weighted by molar-refractivity contribution is 6.30. The topological polar surface area (TPSA) is 83.9 Å². The number of carboxylic acids is 1. The molecule has 0 bridgehead atoms. The van der Waals surface area contributed by atoms with E-state index in [4.69, 9.17) is 27.9 Å². The van der Waals surface area contributed by atoms with E-state index in [-0.39, 0.29) is 24.9 Å². The number of ether oxygens (including phenoxy) is 1. The number of amides is 1. The van der Waals surface area contributed by atoms with Crippen molar-refractivity contribution in [3.8, 4) is 0 Å². The third-order valence-corrected chi connectivity index (χ3v) is 6.68. The molecule has 8 heteroatoms. The van der Waals surface area contributed by atoms with Crippen molar-refractivity contribution in [3.63, 3.8) is 0 Å². The van der Waals surface area contributed by atoms with Crippen LogP contribution >= 0.6 is 23.2 Å². The molecule has 0 spiro atoms. The summed E-state index contributed by atoms with van der Waals surface area (Å²) in [4.78, 5) is 40.0. The van der Waals surface area contributed by atoms with Crippen LogP contribution in [0, 0.1) is 5.92 Å². The highest BCUT2D eigenvalue weighted by atomic mass is 35.5. The van der Waals surface area contributed by atoms with E-state index in [1.54, 1.807) is 30.0 Å². The minimum Gasteiger partial charge on any atom is -0.481 e. The zero-order chi connectivity index (χ0) is 24.8. The molecule has 182 valence electrons. The zero-order valence-electron chi connectivity index (χ0n) is 19.2. The molecule has 0 aliphatic carbocycles. The van der Waals surface area contributed by atoms with E-state index >= 15 is 0 Å². The van der Waals surface area contributed by atoms with Gasteiger partial charge in [-0.05, 0) is 55.2 Å². The van der Waals surface area contributed by atoms with Crippen LogP contribution in [0.25, 0.3) is 0 Å². The van der Waals surface area contributed by atoms with Crippen LogP contribution in [0.1, 0.15) is 62.6 Å². The maximum absolute atomic E-state index is 13.8. The summed E-state index contributed by atoms with van der Waals surface area (Å²) in [5.41, 5.74) is 1.68. The molecule has 3 rings (SSSR count). The molecule has 1 N–H and O–H groups in total. The Balaban J connectivity index is 2.21. The zero-order valence-corrected chi connectivity index (χ0v) is 20.8. The Labute approximate surface area is 209 Å². The van der Waals surface area contributed by atoms with Crippen LogP contribution in [-0.4, -0.2) is 40.5 Å². The van der Waals surface area contributed by atoms with E-state index in [9.17, 15) is 19.5 Å². The number of aliphatic carboxylic acids is 1. The van der Waals surface area contributed by atoms with Crippen molar-refractivity contribution >= 4 is 41.0 Å². The van der Waals surface area contributed by atoms with E-state index < -0.39 is 29.9 Å². The average Bonchev–Trinajstić information content (AvgIpc) is 2.79. The number of piperidine rings is 1. The van der Waals surface area contributed by atoms with Crippen LogP contribution in [0.3, 0.4) is 0 Å². The van der Waals surface area contributed by atoms with E-state index in [0.717, 1.165) is 11.1 Å². The van der Waals surface area contributed by atoms with Crippen molar-refractivity contribution in [1.29, 1.82) is 0 Å². The Morgan fingerprint density at radius 3 is 2.38 bits per heavy atom. The number of carbonyl (C=O) groups excluding carboxylic acids is 2. The van der Waals surface area contributed by atoms with Crippen LogP contribution in [0.2, 0.25) is 10.0 Å². The monoisotopic (exact) mass is 505 g/mol. The Kier molecular flexibility index (Phi) is 8.97. The predicted octanol–water partition coefficient (Wildman–Crippen LogP) is 5.87. The number of halogens is 2. The number of esters is 1. The largest absolute Gasteiger partial charge is 0.481 e. The summed E-state index contributed by atoms with van der Waals surface area (Å²) < 4.78 is 5.35. The molecular formula is C26H29Cl2NO5. The van der Waals surface area contributed by atoms with Crippen LogP contribution < -0.4 is 0 Å². The Morgan fingerprint density at radius 2 is 1.79 bits per heavy atom. The fraction of sp³-hybridized carbons (Fsp3) is 0.423. The highest BCUT2D eigenvalue weighted by Gasteiger charge is 2.48. The first-order valence-corrected chi connectivity index (χ1v) is 12.2. The molecule has 0 saturated carbocycles. The molecule has 1 aliphatic rings. The first kappa shape index (κ1) is 26.0. The number of rotatable bonds is 9. The van der Waals surface area contributed by atoms with Crippen molar-refractivity contribution in [1.82, 2.24) is 4.90 Å². The standard InChI is InChI=1S/C26H29Cl2NO5/c1-3-6-22(26(33)34-4-2)29-24(16-9-11-19(27)12-10-16)21(17-7-5-8-20(28)13-17)14-18(25(29)32)15-23(30)31/h5,7-13,18,21-22,24H,3-4,6,14-15H2,1-2H3,(H,30,31)/t18-,21-,22?,24-/m1/s1. The van der Waals surface area contributed by atoms with Gasteiger partial charge in [0.05, 0.1) is 19.1 Å². The van der Waals surface area contributed by atoms with Crippen molar-refractivity contribution < 1.29 is 24.2 Å². The minimum absolute atomic E-state index is 0.183. The summed E-state index contributed by atoms with van der Waals surface area (Å²) >= 11 is 12.4. The minimum atomic E-state index is -1.06. The second-order valence-corrected chi connectivity index (χ2v) is 9.36. The van der Waals surface area contributed by atoms with Crippen molar-refractivity contribution in [2.75, 3.05) is 6.61 Å². The number of carbonyl (C=O) groups is 3. The summed E-state index contributed by atoms with van der Waals surface area (Å²) in [7, 11) is 0. The number of nitrogens with zero attached hydrogens (tertiary/aromatic N) is 1. The van der Waals surface area contributed by atoms with Gasteiger partial charge >= 0.3 is 11.9 Å². The molecule has 1 amide bonds. The van der Waals surface area contributed by atoms with E-state index in [2.05, 4.69) is 0 Å². The molecule has 2 aromatic carbocycles. The highest BCUT2D eigenvalue weighted by Crippen LogP contribution is 2.47. The predicted molar refractivity (Wildman–Crippen MR) is 131 cm³/mol. The number of hydrogen-bond donors (Lipinski definition) is 1. The molecule has 1 unspecified atom stereocenters. The normalized spacial score (nSPS) is 21.2. The molecule has 1 aliphatic heterocycles. The first-order valence-electron chi connectivity index (χ1n) is 11.5. The second-order valence-electron chi connectivity index (χ2n) is 8.49. The van der Waals surface area contributed by atoms with Crippen molar-refractivity contribution in [3.05, 3.63) is 69.7 Å². The maximum atomic E-state index is 13.8. The van der Waals surface area contributed by atoms with Crippen molar-refractivity contribution in [2.24, 2.45) is 5.92 Å². The van der Waals surface area contributed by atoms with Gasteiger partial charge in [0, 0.05) is 21.9 Å². The van der Waals surface area contributed by atoms with Gasteiger partial charge in [0.2, 0.25) is 5.91 Å². The summed E-state index contributed by atoms with van der Waals surface area (Å²) in [5, 5.41) is 10.6.